The molecule has 3 nitrogen and oxygen atoms in total. The third kappa shape index (κ3) is 1.65. The highest BCUT2D eigenvalue weighted by Crippen LogP contribution is 2.60. The minimum absolute atomic E-state index is 0.0156. The van der Waals surface area contributed by atoms with Crippen molar-refractivity contribution in [3.8, 4) is 0 Å². The van der Waals surface area contributed by atoms with Gasteiger partial charge in [0.2, 0.25) is 0 Å². The molecule has 0 aromatic carbocycles. The molecule has 0 aromatic rings. The molecular formula is C13H22O3Si. The molecule has 0 amide bonds. The van der Waals surface area contributed by atoms with Crippen LogP contribution in [-0.2, 0) is 14.0 Å². The van der Waals surface area contributed by atoms with E-state index in [2.05, 4.69) is 26.2 Å². The lowest BCUT2D eigenvalue weighted by molar-refractivity contribution is -0.225. The summed E-state index contributed by atoms with van der Waals surface area (Å²) in [6.45, 7) is 10.4. The van der Waals surface area contributed by atoms with Crippen LogP contribution in [0, 0.1) is 5.92 Å². The number of Topliss-reactive ketones (excluding diaryl/α,β-unsaturated/α-hetero) is 1. The molecule has 2 saturated carbocycles. The Morgan fingerprint density at radius 3 is 2.53 bits per heavy atom. The van der Waals surface area contributed by atoms with Crippen LogP contribution in [0.2, 0.25) is 19.6 Å². The van der Waals surface area contributed by atoms with Gasteiger partial charge in [-0.25, -0.2) is 0 Å². The Labute approximate surface area is 104 Å². The molecule has 0 radical (unpaired) electrons. The van der Waals surface area contributed by atoms with Crippen LogP contribution in [0.5, 0.6) is 0 Å². The zero-order valence-electron chi connectivity index (χ0n) is 11.2. The van der Waals surface area contributed by atoms with Gasteiger partial charge in [0.15, 0.2) is 8.32 Å². The maximum Gasteiger partial charge on any atom is 0.185 e. The molecular weight excluding hydrogens is 232 g/mol. The zero-order valence-corrected chi connectivity index (χ0v) is 12.2. The Kier molecular flexibility index (Phi) is 2.88. The largest absolute Gasteiger partial charge is 0.406 e. The molecule has 2 fully saturated rings. The normalized spacial score (nSPS) is 40.9. The molecule has 17 heavy (non-hydrogen) atoms. The first-order valence-corrected chi connectivity index (χ1v) is 9.63. The van der Waals surface area contributed by atoms with Crippen LogP contribution >= 0.6 is 0 Å². The number of hydrogen-bond donors (Lipinski definition) is 0. The maximum atomic E-state index is 11.8. The highest BCUT2D eigenvalue weighted by molar-refractivity contribution is 6.69. The standard InChI is InChI=1S/C13H22O3Si/c1-6-12(16-17(3,4)5)9-10-11(14)7-8-13(10,12)15-2/h6,10H,1,7-9H2,2-5H3. The third-order valence-electron chi connectivity index (χ3n) is 4.10. The lowest BCUT2D eigenvalue weighted by Crippen LogP contribution is -2.71. The first-order chi connectivity index (χ1) is 7.80. The predicted octanol–water partition coefficient (Wildman–Crippen LogP) is 2.53. The van der Waals surface area contributed by atoms with E-state index in [4.69, 9.17) is 9.16 Å². The second kappa shape index (κ2) is 3.77. The highest BCUT2D eigenvalue weighted by atomic mass is 28.4. The number of carbonyl (C=O) groups excluding carboxylic acids is 1. The summed E-state index contributed by atoms with van der Waals surface area (Å²) in [7, 11) is -0.00000425. The van der Waals surface area contributed by atoms with Crippen molar-refractivity contribution in [2.75, 3.05) is 7.11 Å². The second-order valence-corrected chi connectivity index (χ2v) is 10.6. The summed E-state index contributed by atoms with van der Waals surface area (Å²) in [6.07, 6.45) is 3.99. The average molecular weight is 254 g/mol. The Morgan fingerprint density at radius 2 is 2.12 bits per heavy atom. The molecule has 2 aliphatic rings. The van der Waals surface area contributed by atoms with Crippen LogP contribution in [0.25, 0.3) is 0 Å². The van der Waals surface area contributed by atoms with Crippen molar-refractivity contribution < 1.29 is 14.0 Å². The van der Waals surface area contributed by atoms with Gasteiger partial charge < -0.3 is 9.16 Å². The van der Waals surface area contributed by atoms with Crippen molar-refractivity contribution in [3.05, 3.63) is 12.7 Å². The third-order valence-corrected chi connectivity index (χ3v) is 5.08. The van der Waals surface area contributed by atoms with Crippen LogP contribution < -0.4 is 0 Å². The molecule has 2 aliphatic carbocycles. The van der Waals surface area contributed by atoms with Gasteiger partial charge in [-0.1, -0.05) is 6.08 Å². The van der Waals surface area contributed by atoms with E-state index in [1.54, 1.807) is 7.11 Å². The van der Waals surface area contributed by atoms with Crippen LogP contribution in [-0.4, -0.2) is 32.4 Å². The summed E-state index contributed by atoms with van der Waals surface area (Å²) in [5.74, 6) is 0.338. The molecule has 0 heterocycles. The second-order valence-electron chi connectivity index (χ2n) is 6.12. The zero-order chi connectivity index (χ0) is 12.9. The average Bonchev–Trinajstić information content (AvgIpc) is 2.48. The monoisotopic (exact) mass is 254 g/mol. The summed E-state index contributed by atoms with van der Waals surface area (Å²) < 4.78 is 12.0. The van der Waals surface area contributed by atoms with Gasteiger partial charge in [0.25, 0.3) is 0 Å². The number of carbonyl (C=O) groups is 1. The van der Waals surface area contributed by atoms with Crippen LogP contribution in [0.4, 0.5) is 0 Å². The lowest BCUT2D eigenvalue weighted by atomic mass is 9.59. The van der Waals surface area contributed by atoms with Crippen molar-refractivity contribution in [1.82, 2.24) is 0 Å². The summed E-state index contributed by atoms with van der Waals surface area (Å²) in [5.41, 5.74) is -0.880. The van der Waals surface area contributed by atoms with Crippen molar-refractivity contribution in [3.63, 3.8) is 0 Å². The number of ketones is 1. The summed E-state index contributed by atoms with van der Waals surface area (Å²) in [4.78, 5) is 11.8. The smallest absolute Gasteiger partial charge is 0.185 e. The topological polar surface area (TPSA) is 35.5 Å². The summed E-state index contributed by atoms with van der Waals surface area (Å²) in [5, 5.41) is 0. The number of hydrogen-bond acceptors (Lipinski definition) is 3. The number of rotatable bonds is 4. The van der Waals surface area contributed by atoms with Gasteiger partial charge in [-0.2, -0.15) is 0 Å². The van der Waals surface area contributed by atoms with Gasteiger partial charge in [-0.15, -0.1) is 6.58 Å². The summed E-state index contributed by atoms with van der Waals surface area (Å²) >= 11 is 0. The van der Waals surface area contributed by atoms with E-state index < -0.39 is 19.5 Å². The molecule has 3 atom stereocenters. The van der Waals surface area contributed by atoms with Crippen LogP contribution in [0.1, 0.15) is 19.3 Å². The SMILES string of the molecule is C=CC1(O[Si](C)(C)C)CC2C(=O)CCC21OC. The van der Waals surface area contributed by atoms with Crippen molar-refractivity contribution in [1.29, 1.82) is 0 Å². The Bertz CT molecular complexity index is 360. The summed E-state index contributed by atoms with van der Waals surface area (Å²) in [6, 6.07) is 0. The Hall–Kier alpha value is -0.453. The van der Waals surface area contributed by atoms with E-state index in [-0.39, 0.29) is 5.92 Å². The fraction of sp³-hybridized carbons (Fsp3) is 0.769. The highest BCUT2D eigenvalue weighted by Gasteiger charge is 2.71. The maximum absolute atomic E-state index is 11.8. The molecule has 2 rings (SSSR count). The first kappa shape index (κ1) is 13.0. The molecule has 0 spiro atoms. The van der Waals surface area contributed by atoms with E-state index in [1.807, 2.05) is 6.08 Å². The van der Waals surface area contributed by atoms with E-state index in [1.165, 1.54) is 0 Å². The van der Waals surface area contributed by atoms with Gasteiger partial charge in [0, 0.05) is 13.5 Å². The van der Waals surface area contributed by atoms with Gasteiger partial charge in [0.1, 0.15) is 17.0 Å². The molecule has 0 N–H and O–H groups in total. The molecule has 4 heteroatoms. The molecule has 96 valence electrons. The fourth-order valence-electron chi connectivity index (χ4n) is 3.44. The molecule has 0 aromatic heterocycles. The van der Waals surface area contributed by atoms with Gasteiger partial charge in [-0.05, 0) is 32.5 Å². The number of methoxy groups -OCH3 is 1. The first-order valence-electron chi connectivity index (χ1n) is 6.22. The predicted molar refractivity (Wildman–Crippen MR) is 69.4 cm³/mol. The molecule has 0 bridgehead atoms. The van der Waals surface area contributed by atoms with Gasteiger partial charge in [0.05, 0.1) is 5.92 Å². The van der Waals surface area contributed by atoms with Gasteiger partial charge >= 0.3 is 0 Å². The lowest BCUT2D eigenvalue weighted by Gasteiger charge is -2.60. The number of fused-ring (bicyclic) bond motifs is 1. The Balaban J connectivity index is 2.32. The minimum atomic E-state index is -1.69. The van der Waals surface area contributed by atoms with E-state index in [0.29, 0.717) is 12.2 Å². The molecule has 0 saturated heterocycles. The van der Waals surface area contributed by atoms with Crippen molar-refractivity contribution in [2.45, 2.75) is 50.1 Å². The van der Waals surface area contributed by atoms with Crippen molar-refractivity contribution >= 4 is 14.1 Å². The van der Waals surface area contributed by atoms with Crippen LogP contribution in [0.15, 0.2) is 12.7 Å². The molecule has 0 aliphatic heterocycles. The number of ether oxygens (including phenoxy) is 1. The van der Waals surface area contributed by atoms with E-state index in [0.717, 1.165) is 12.8 Å². The minimum Gasteiger partial charge on any atom is -0.406 e. The van der Waals surface area contributed by atoms with Gasteiger partial charge in [-0.3, -0.25) is 4.79 Å². The van der Waals surface area contributed by atoms with Crippen molar-refractivity contribution in [2.24, 2.45) is 5.92 Å². The fourth-order valence-corrected chi connectivity index (χ4v) is 4.87. The van der Waals surface area contributed by atoms with Crippen LogP contribution in [0.3, 0.4) is 0 Å². The van der Waals surface area contributed by atoms with E-state index in [9.17, 15) is 4.79 Å². The quantitative estimate of drug-likeness (QED) is 0.571. The molecule has 3 unspecified atom stereocenters. The Morgan fingerprint density at radius 1 is 1.47 bits per heavy atom. The van der Waals surface area contributed by atoms with E-state index >= 15 is 0 Å².